The number of morpholine rings is 1. The fourth-order valence-electron chi connectivity index (χ4n) is 3.78. The van der Waals surface area contributed by atoms with Gasteiger partial charge in [-0.05, 0) is 49.2 Å². The molecule has 2 aliphatic rings. The van der Waals surface area contributed by atoms with Crippen LogP contribution in [-0.2, 0) is 14.8 Å². The van der Waals surface area contributed by atoms with Crippen molar-refractivity contribution in [1.82, 2.24) is 4.31 Å². The van der Waals surface area contributed by atoms with Crippen molar-refractivity contribution >= 4 is 50.5 Å². The number of hydrogen-bond donors (Lipinski definition) is 1. The lowest BCUT2D eigenvalue weighted by Gasteiger charge is -2.27. The average molecular weight is 484 g/mol. The number of halogens is 2. The number of nitrogens with one attached hydrogen (secondary N) is 1. The maximum absolute atomic E-state index is 13.1. The molecule has 1 N–H and O–H groups in total. The molecule has 2 fully saturated rings. The van der Waals surface area contributed by atoms with E-state index in [2.05, 4.69) is 10.2 Å². The van der Waals surface area contributed by atoms with E-state index >= 15 is 0 Å². The molecular formula is C21H23Cl2N3O4S. The predicted octanol–water partition coefficient (Wildman–Crippen LogP) is 3.87. The number of carbonyl (C=O) groups is 1. The minimum absolute atomic E-state index is 0.141. The largest absolute Gasteiger partial charge is 0.379 e. The second-order valence-electron chi connectivity index (χ2n) is 7.47. The number of anilines is 2. The second kappa shape index (κ2) is 9.34. The van der Waals surface area contributed by atoms with Gasteiger partial charge in [-0.3, -0.25) is 4.79 Å². The highest BCUT2D eigenvalue weighted by molar-refractivity contribution is 7.89. The van der Waals surface area contributed by atoms with Gasteiger partial charge in [-0.25, -0.2) is 8.42 Å². The van der Waals surface area contributed by atoms with Crippen molar-refractivity contribution < 1.29 is 17.9 Å². The van der Waals surface area contributed by atoms with Gasteiger partial charge < -0.3 is 15.0 Å². The highest BCUT2D eigenvalue weighted by atomic mass is 35.5. The van der Waals surface area contributed by atoms with E-state index < -0.39 is 10.0 Å². The molecule has 0 aromatic heterocycles. The number of rotatable bonds is 5. The zero-order valence-electron chi connectivity index (χ0n) is 16.8. The van der Waals surface area contributed by atoms with Gasteiger partial charge in [0.25, 0.3) is 5.91 Å². The molecule has 0 saturated carbocycles. The molecule has 2 aromatic rings. The van der Waals surface area contributed by atoms with Crippen LogP contribution in [-0.4, -0.2) is 58.0 Å². The number of benzene rings is 2. The summed E-state index contributed by atoms with van der Waals surface area (Å²) in [6, 6.07) is 9.53. The Kier molecular flexibility index (Phi) is 6.74. The minimum atomic E-state index is -3.69. The molecule has 10 heteroatoms. The summed E-state index contributed by atoms with van der Waals surface area (Å²) < 4.78 is 32.9. The van der Waals surface area contributed by atoms with Crippen LogP contribution in [0.15, 0.2) is 41.3 Å². The molecule has 1 amide bonds. The summed E-state index contributed by atoms with van der Waals surface area (Å²) in [5.41, 5.74) is 1.59. The van der Waals surface area contributed by atoms with Gasteiger partial charge in [0.15, 0.2) is 0 Å². The third-order valence-corrected chi connectivity index (χ3v) is 8.09. The molecule has 2 aromatic carbocycles. The quantitative estimate of drug-likeness (QED) is 0.698. The predicted molar refractivity (Wildman–Crippen MR) is 122 cm³/mol. The Labute approximate surface area is 191 Å². The van der Waals surface area contributed by atoms with Crippen LogP contribution in [0, 0.1) is 0 Å². The Bertz CT molecular complexity index is 1080. The van der Waals surface area contributed by atoms with Crippen LogP contribution in [0.1, 0.15) is 23.2 Å². The lowest BCUT2D eigenvalue weighted by molar-refractivity contribution is 0.0730. The average Bonchev–Trinajstić information content (AvgIpc) is 3.31. The van der Waals surface area contributed by atoms with Gasteiger partial charge in [0.05, 0.1) is 39.5 Å². The normalized spacial score (nSPS) is 17.7. The SMILES string of the molecule is O=C(Nc1cc(S(=O)(=O)N2CCOCC2)ccc1N1CCCC1)c1ccc(Cl)c(Cl)c1. The van der Waals surface area contributed by atoms with E-state index in [0.717, 1.165) is 31.6 Å². The Morgan fingerprint density at radius 2 is 1.65 bits per heavy atom. The van der Waals surface area contributed by atoms with E-state index in [4.69, 9.17) is 27.9 Å². The molecule has 2 aliphatic heterocycles. The third kappa shape index (κ3) is 4.83. The van der Waals surface area contributed by atoms with Gasteiger partial charge in [-0.2, -0.15) is 4.31 Å². The van der Waals surface area contributed by atoms with E-state index in [1.165, 1.54) is 16.4 Å². The van der Waals surface area contributed by atoms with Crippen LogP contribution in [0.4, 0.5) is 11.4 Å². The molecule has 0 atom stereocenters. The minimum Gasteiger partial charge on any atom is -0.379 e. The fraction of sp³-hybridized carbons (Fsp3) is 0.381. The molecule has 2 saturated heterocycles. The van der Waals surface area contributed by atoms with E-state index in [9.17, 15) is 13.2 Å². The third-order valence-electron chi connectivity index (χ3n) is 5.45. The van der Waals surface area contributed by atoms with Crippen molar-refractivity contribution in [2.24, 2.45) is 0 Å². The summed E-state index contributed by atoms with van der Waals surface area (Å²) in [7, 11) is -3.69. The number of amides is 1. The summed E-state index contributed by atoms with van der Waals surface area (Å²) in [4.78, 5) is 15.2. The van der Waals surface area contributed by atoms with Gasteiger partial charge in [0, 0.05) is 31.7 Å². The maximum atomic E-state index is 13.1. The van der Waals surface area contributed by atoms with Crippen molar-refractivity contribution in [2.75, 3.05) is 49.6 Å². The molecule has 0 aliphatic carbocycles. The molecule has 0 spiro atoms. The summed E-state index contributed by atoms with van der Waals surface area (Å²) in [6.07, 6.45) is 2.10. The van der Waals surface area contributed by atoms with Crippen LogP contribution in [0.25, 0.3) is 0 Å². The van der Waals surface area contributed by atoms with Gasteiger partial charge in [0.2, 0.25) is 10.0 Å². The highest BCUT2D eigenvalue weighted by Gasteiger charge is 2.28. The van der Waals surface area contributed by atoms with Gasteiger partial charge in [-0.15, -0.1) is 0 Å². The number of ether oxygens (including phenoxy) is 1. The van der Waals surface area contributed by atoms with Crippen LogP contribution in [0.3, 0.4) is 0 Å². The summed E-state index contributed by atoms with van der Waals surface area (Å²) in [5.74, 6) is -0.389. The first-order valence-electron chi connectivity index (χ1n) is 10.1. The highest BCUT2D eigenvalue weighted by Crippen LogP contribution is 2.33. The number of nitrogens with zero attached hydrogens (tertiary/aromatic N) is 2. The number of hydrogen-bond acceptors (Lipinski definition) is 5. The molecule has 2 heterocycles. The van der Waals surface area contributed by atoms with Crippen molar-refractivity contribution in [1.29, 1.82) is 0 Å². The Hall–Kier alpha value is -1.84. The first-order valence-corrected chi connectivity index (χ1v) is 12.3. The zero-order chi connectivity index (χ0) is 22.0. The summed E-state index contributed by atoms with van der Waals surface area (Å²) in [5, 5.41) is 3.51. The molecule has 31 heavy (non-hydrogen) atoms. The molecule has 0 bridgehead atoms. The van der Waals surface area contributed by atoms with E-state index in [1.807, 2.05) is 0 Å². The van der Waals surface area contributed by atoms with E-state index in [0.29, 0.717) is 42.6 Å². The second-order valence-corrected chi connectivity index (χ2v) is 10.2. The number of sulfonamides is 1. The van der Waals surface area contributed by atoms with Crippen molar-refractivity contribution in [3.8, 4) is 0 Å². The van der Waals surface area contributed by atoms with Crippen LogP contribution < -0.4 is 10.2 Å². The topological polar surface area (TPSA) is 79.0 Å². The molecule has 166 valence electrons. The van der Waals surface area contributed by atoms with Crippen LogP contribution in [0.2, 0.25) is 10.0 Å². The van der Waals surface area contributed by atoms with Crippen molar-refractivity contribution in [2.45, 2.75) is 17.7 Å². The first kappa shape index (κ1) is 22.4. The monoisotopic (exact) mass is 483 g/mol. The molecule has 0 unspecified atom stereocenters. The Balaban J connectivity index is 1.68. The Morgan fingerprint density at radius 1 is 0.935 bits per heavy atom. The smallest absolute Gasteiger partial charge is 0.255 e. The van der Waals surface area contributed by atoms with Gasteiger partial charge >= 0.3 is 0 Å². The lowest BCUT2D eigenvalue weighted by Crippen LogP contribution is -2.40. The molecule has 4 rings (SSSR count). The fourth-order valence-corrected chi connectivity index (χ4v) is 5.51. The molecular weight excluding hydrogens is 461 g/mol. The van der Waals surface area contributed by atoms with Gasteiger partial charge in [-0.1, -0.05) is 23.2 Å². The number of carbonyl (C=O) groups excluding carboxylic acids is 1. The van der Waals surface area contributed by atoms with Crippen LogP contribution >= 0.6 is 23.2 Å². The van der Waals surface area contributed by atoms with E-state index in [1.54, 1.807) is 24.3 Å². The Morgan fingerprint density at radius 3 is 2.32 bits per heavy atom. The standard InChI is InChI=1S/C21H23Cl2N3O4S/c22-17-5-3-15(13-18(17)23)21(27)24-19-14-16(4-6-20(19)25-7-1-2-8-25)31(28,29)26-9-11-30-12-10-26/h3-6,13-14H,1-2,7-12H2,(H,24,27). The lowest BCUT2D eigenvalue weighted by atomic mass is 10.2. The van der Waals surface area contributed by atoms with Gasteiger partial charge in [0.1, 0.15) is 0 Å². The summed E-state index contributed by atoms with van der Waals surface area (Å²) >= 11 is 12.0. The first-order chi connectivity index (χ1) is 14.9. The molecule has 7 nitrogen and oxygen atoms in total. The van der Waals surface area contributed by atoms with E-state index in [-0.39, 0.29) is 15.8 Å². The zero-order valence-corrected chi connectivity index (χ0v) is 19.1. The van der Waals surface area contributed by atoms with Crippen molar-refractivity contribution in [3.63, 3.8) is 0 Å². The summed E-state index contributed by atoms with van der Waals surface area (Å²) in [6.45, 7) is 3.05. The van der Waals surface area contributed by atoms with Crippen molar-refractivity contribution in [3.05, 3.63) is 52.0 Å². The maximum Gasteiger partial charge on any atom is 0.255 e. The molecule has 0 radical (unpaired) electrons. The van der Waals surface area contributed by atoms with Crippen LogP contribution in [0.5, 0.6) is 0 Å².